The first-order chi connectivity index (χ1) is 10.3. The summed E-state index contributed by atoms with van der Waals surface area (Å²) >= 11 is 0. The Morgan fingerprint density at radius 1 is 1.10 bits per heavy atom. The zero-order valence-electron chi connectivity index (χ0n) is 14.1. The van der Waals surface area contributed by atoms with Crippen molar-refractivity contribution in [1.29, 1.82) is 0 Å². The first kappa shape index (κ1) is 17.2. The van der Waals surface area contributed by atoms with Crippen LogP contribution < -0.4 is 5.32 Å². The second kappa shape index (κ2) is 9.12. The van der Waals surface area contributed by atoms with Gasteiger partial charge in [0.05, 0.1) is 6.61 Å². The van der Waals surface area contributed by atoms with Crippen molar-refractivity contribution in [2.24, 2.45) is 5.41 Å². The maximum atomic E-state index is 9.69. The molecule has 3 nitrogen and oxygen atoms in total. The molecule has 1 aliphatic carbocycles. The Kier molecular flexibility index (Phi) is 7.48. The molecule has 1 saturated carbocycles. The van der Waals surface area contributed by atoms with Crippen molar-refractivity contribution in [3.05, 3.63) is 0 Å². The molecule has 2 N–H and O–H groups in total. The molecular formula is C18H36N2O. The van der Waals surface area contributed by atoms with Crippen LogP contribution in [0.1, 0.15) is 71.1 Å². The summed E-state index contributed by atoms with van der Waals surface area (Å²) in [5, 5.41) is 13.4. The highest BCUT2D eigenvalue weighted by atomic mass is 16.3. The van der Waals surface area contributed by atoms with Crippen LogP contribution in [0.3, 0.4) is 0 Å². The molecule has 2 fully saturated rings. The third kappa shape index (κ3) is 5.22. The normalized spacial score (nSPS) is 27.4. The molecular weight excluding hydrogens is 260 g/mol. The SMILES string of the molecule is CCCNCC1(CN2CCCCC2CO)CCCCCC1. The van der Waals surface area contributed by atoms with Crippen molar-refractivity contribution in [2.75, 3.05) is 32.8 Å². The molecule has 0 amide bonds. The molecule has 124 valence electrons. The summed E-state index contributed by atoms with van der Waals surface area (Å²) in [6.45, 7) is 7.31. The minimum atomic E-state index is 0.346. The van der Waals surface area contributed by atoms with E-state index in [4.69, 9.17) is 0 Å². The lowest BCUT2D eigenvalue weighted by Crippen LogP contribution is -2.50. The molecule has 2 rings (SSSR count). The van der Waals surface area contributed by atoms with Gasteiger partial charge in [0.15, 0.2) is 0 Å². The maximum Gasteiger partial charge on any atom is 0.0586 e. The van der Waals surface area contributed by atoms with Crippen LogP contribution in [0.15, 0.2) is 0 Å². The van der Waals surface area contributed by atoms with Gasteiger partial charge < -0.3 is 10.4 Å². The smallest absolute Gasteiger partial charge is 0.0586 e. The summed E-state index contributed by atoms with van der Waals surface area (Å²) < 4.78 is 0. The lowest BCUT2D eigenvalue weighted by molar-refractivity contribution is 0.0403. The van der Waals surface area contributed by atoms with E-state index in [2.05, 4.69) is 17.1 Å². The molecule has 0 aromatic carbocycles. The van der Waals surface area contributed by atoms with Crippen LogP contribution in [0.2, 0.25) is 0 Å². The number of likely N-dealkylation sites (tertiary alicyclic amines) is 1. The molecule has 0 radical (unpaired) electrons. The molecule has 1 heterocycles. The van der Waals surface area contributed by atoms with Crippen molar-refractivity contribution in [3.63, 3.8) is 0 Å². The molecule has 1 aliphatic heterocycles. The summed E-state index contributed by atoms with van der Waals surface area (Å²) in [7, 11) is 0. The van der Waals surface area contributed by atoms with Gasteiger partial charge in [-0.2, -0.15) is 0 Å². The van der Waals surface area contributed by atoms with Crippen LogP contribution in [0.25, 0.3) is 0 Å². The number of aliphatic hydroxyl groups excluding tert-OH is 1. The molecule has 2 aliphatic rings. The Labute approximate surface area is 131 Å². The number of rotatable bonds is 7. The third-order valence-corrected chi connectivity index (χ3v) is 5.59. The Morgan fingerprint density at radius 3 is 2.52 bits per heavy atom. The van der Waals surface area contributed by atoms with Gasteiger partial charge in [0.2, 0.25) is 0 Å². The molecule has 1 saturated heterocycles. The minimum absolute atomic E-state index is 0.346. The molecule has 0 bridgehead atoms. The monoisotopic (exact) mass is 296 g/mol. The Bertz CT molecular complexity index is 274. The van der Waals surface area contributed by atoms with Gasteiger partial charge in [-0.05, 0) is 50.6 Å². The second-order valence-electron chi connectivity index (χ2n) is 7.39. The lowest BCUT2D eigenvalue weighted by Gasteiger charge is -2.43. The Morgan fingerprint density at radius 2 is 1.86 bits per heavy atom. The number of hydrogen-bond acceptors (Lipinski definition) is 3. The van der Waals surface area contributed by atoms with Crippen molar-refractivity contribution in [1.82, 2.24) is 10.2 Å². The molecule has 1 atom stereocenters. The third-order valence-electron chi connectivity index (χ3n) is 5.59. The molecule has 1 unspecified atom stereocenters. The van der Waals surface area contributed by atoms with Crippen LogP contribution in [0.4, 0.5) is 0 Å². The molecule has 3 heteroatoms. The van der Waals surface area contributed by atoms with Crippen molar-refractivity contribution >= 4 is 0 Å². The number of aliphatic hydroxyl groups is 1. The van der Waals surface area contributed by atoms with Crippen molar-refractivity contribution < 1.29 is 5.11 Å². The van der Waals surface area contributed by atoms with Gasteiger partial charge in [-0.3, -0.25) is 4.90 Å². The number of nitrogens with zero attached hydrogens (tertiary/aromatic N) is 1. The highest BCUT2D eigenvalue weighted by Gasteiger charge is 2.35. The summed E-state index contributed by atoms with van der Waals surface area (Å²) in [5.41, 5.74) is 0.455. The van der Waals surface area contributed by atoms with E-state index >= 15 is 0 Å². The lowest BCUT2D eigenvalue weighted by atomic mass is 9.78. The van der Waals surface area contributed by atoms with E-state index in [1.54, 1.807) is 0 Å². The van der Waals surface area contributed by atoms with Crippen LogP contribution in [0, 0.1) is 5.41 Å². The van der Waals surface area contributed by atoms with Gasteiger partial charge in [-0.15, -0.1) is 0 Å². The van der Waals surface area contributed by atoms with Gasteiger partial charge >= 0.3 is 0 Å². The van der Waals surface area contributed by atoms with Gasteiger partial charge in [-0.1, -0.05) is 39.0 Å². The van der Waals surface area contributed by atoms with E-state index in [0.29, 0.717) is 18.1 Å². The maximum absolute atomic E-state index is 9.69. The first-order valence-corrected chi connectivity index (χ1v) is 9.35. The van der Waals surface area contributed by atoms with Crippen LogP contribution in [0.5, 0.6) is 0 Å². The molecule has 0 aromatic rings. The molecule has 0 spiro atoms. The van der Waals surface area contributed by atoms with Gasteiger partial charge in [0.25, 0.3) is 0 Å². The molecule has 21 heavy (non-hydrogen) atoms. The average Bonchev–Trinajstić information content (AvgIpc) is 2.74. The molecule has 0 aromatic heterocycles. The number of piperidine rings is 1. The fourth-order valence-corrected chi connectivity index (χ4v) is 4.31. The quantitative estimate of drug-likeness (QED) is 0.559. The Balaban J connectivity index is 1.99. The zero-order chi connectivity index (χ0) is 15.0. The van der Waals surface area contributed by atoms with E-state index < -0.39 is 0 Å². The van der Waals surface area contributed by atoms with E-state index in [1.165, 1.54) is 83.8 Å². The summed E-state index contributed by atoms with van der Waals surface area (Å²) in [6, 6.07) is 0.421. The fraction of sp³-hybridized carbons (Fsp3) is 1.00. The summed E-state index contributed by atoms with van der Waals surface area (Å²) in [6.07, 6.45) is 13.4. The zero-order valence-corrected chi connectivity index (χ0v) is 14.1. The summed E-state index contributed by atoms with van der Waals surface area (Å²) in [4.78, 5) is 2.61. The second-order valence-corrected chi connectivity index (χ2v) is 7.39. The van der Waals surface area contributed by atoms with Gasteiger partial charge in [-0.25, -0.2) is 0 Å². The Hall–Kier alpha value is -0.120. The highest BCUT2D eigenvalue weighted by Crippen LogP contribution is 2.36. The highest BCUT2D eigenvalue weighted by molar-refractivity contribution is 4.90. The van der Waals surface area contributed by atoms with Gasteiger partial charge in [0, 0.05) is 19.1 Å². The summed E-state index contributed by atoms with van der Waals surface area (Å²) in [5.74, 6) is 0. The predicted molar refractivity (Wildman–Crippen MR) is 89.6 cm³/mol. The van der Waals surface area contributed by atoms with Crippen LogP contribution in [-0.4, -0.2) is 48.8 Å². The predicted octanol–water partition coefficient (Wildman–Crippen LogP) is 3.17. The standard InChI is InChI=1S/C18H36N2O/c1-2-12-19-15-18(10-6-3-4-7-11-18)16-20-13-8-5-9-17(20)14-21/h17,19,21H,2-16H2,1H3. The topological polar surface area (TPSA) is 35.5 Å². The van der Waals surface area contributed by atoms with Crippen molar-refractivity contribution in [3.8, 4) is 0 Å². The number of hydrogen-bond donors (Lipinski definition) is 2. The van der Waals surface area contributed by atoms with Crippen LogP contribution >= 0.6 is 0 Å². The van der Waals surface area contributed by atoms with E-state index in [0.717, 1.165) is 6.54 Å². The fourth-order valence-electron chi connectivity index (χ4n) is 4.31. The largest absolute Gasteiger partial charge is 0.395 e. The van der Waals surface area contributed by atoms with Crippen LogP contribution in [-0.2, 0) is 0 Å². The van der Waals surface area contributed by atoms with E-state index in [9.17, 15) is 5.11 Å². The number of nitrogens with one attached hydrogen (secondary N) is 1. The average molecular weight is 296 g/mol. The van der Waals surface area contributed by atoms with E-state index in [-0.39, 0.29) is 0 Å². The first-order valence-electron chi connectivity index (χ1n) is 9.35. The van der Waals surface area contributed by atoms with Crippen molar-refractivity contribution in [2.45, 2.75) is 77.2 Å². The van der Waals surface area contributed by atoms with Gasteiger partial charge in [0.1, 0.15) is 0 Å². The van der Waals surface area contributed by atoms with E-state index in [1.807, 2.05) is 0 Å². The minimum Gasteiger partial charge on any atom is -0.395 e.